The highest BCUT2D eigenvalue weighted by Crippen LogP contribution is 2.31. The maximum absolute atomic E-state index is 5.94. The number of rotatable bonds is 3. The quantitative estimate of drug-likeness (QED) is 0.858. The second-order valence-corrected chi connectivity index (χ2v) is 5.51. The van der Waals surface area contributed by atoms with E-state index in [0.717, 1.165) is 36.1 Å². The Morgan fingerprint density at radius 3 is 2.65 bits per heavy atom. The molecule has 0 bridgehead atoms. The number of nitrogen functional groups attached to an aromatic ring is 1. The molecule has 0 saturated carbocycles. The molecule has 3 N–H and O–H groups in total. The molecule has 2 aromatic rings. The number of nitrogens with one attached hydrogen (secondary N) is 1. The van der Waals surface area contributed by atoms with Crippen LogP contribution in [0.25, 0.3) is 11.0 Å². The van der Waals surface area contributed by atoms with Crippen LogP contribution in [0, 0.1) is 0 Å². The molecule has 0 radical (unpaired) electrons. The van der Waals surface area contributed by atoms with Crippen LogP contribution in [0.2, 0.25) is 0 Å². The van der Waals surface area contributed by atoms with E-state index in [1.54, 1.807) is 0 Å². The Hall–Kier alpha value is -1.52. The molecule has 2 rings (SSSR count). The number of nitrogens with two attached hydrogens (primary N) is 1. The minimum absolute atomic E-state index is 0.0201. The standard InChI is InChI=1S/C12H21N5/c1-5-6-7-17-11-8(10(13)14-15-11)9(16-17)12(2,3)4/h5-7H2,1-4H3,(H3,13,14,15). The number of nitrogens with zero attached hydrogens (tertiary/aromatic N) is 3. The Kier molecular flexibility index (Phi) is 2.85. The van der Waals surface area contributed by atoms with Crippen LogP contribution >= 0.6 is 0 Å². The fourth-order valence-electron chi connectivity index (χ4n) is 1.97. The summed E-state index contributed by atoms with van der Waals surface area (Å²) in [6.07, 6.45) is 2.25. The maximum atomic E-state index is 5.94. The van der Waals surface area contributed by atoms with E-state index in [2.05, 4.69) is 43.0 Å². The van der Waals surface area contributed by atoms with Crippen molar-refractivity contribution in [3.05, 3.63) is 5.69 Å². The maximum Gasteiger partial charge on any atom is 0.182 e. The lowest BCUT2D eigenvalue weighted by molar-refractivity contribution is 0.524. The van der Waals surface area contributed by atoms with E-state index in [1.807, 2.05) is 4.68 Å². The molecule has 0 spiro atoms. The van der Waals surface area contributed by atoms with E-state index in [0.29, 0.717) is 5.82 Å². The van der Waals surface area contributed by atoms with Gasteiger partial charge in [-0.25, -0.2) is 4.68 Å². The van der Waals surface area contributed by atoms with Crippen molar-refractivity contribution in [2.75, 3.05) is 5.73 Å². The summed E-state index contributed by atoms with van der Waals surface area (Å²) < 4.78 is 1.96. The summed E-state index contributed by atoms with van der Waals surface area (Å²) in [5.74, 6) is 0.618. The summed E-state index contributed by atoms with van der Waals surface area (Å²) in [7, 11) is 0. The molecule has 17 heavy (non-hydrogen) atoms. The number of anilines is 1. The second-order valence-electron chi connectivity index (χ2n) is 5.51. The van der Waals surface area contributed by atoms with Gasteiger partial charge >= 0.3 is 0 Å². The Bertz CT molecular complexity index is 515. The zero-order valence-corrected chi connectivity index (χ0v) is 11.0. The van der Waals surface area contributed by atoms with Gasteiger partial charge in [0, 0.05) is 12.0 Å². The van der Waals surface area contributed by atoms with E-state index in [4.69, 9.17) is 5.73 Å². The molecule has 5 heteroatoms. The van der Waals surface area contributed by atoms with E-state index >= 15 is 0 Å². The molecule has 5 nitrogen and oxygen atoms in total. The van der Waals surface area contributed by atoms with Crippen molar-refractivity contribution < 1.29 is 0 Å². The Morgan fingerprint density at radius 1 is 1.35 bits per heavy atom. The average Bonchev–Trinajstić information content (AvgIpc) is 2.76. The van der Waals surface area contributed by atoms with Gasteiger partial charge in [0.25, 0.3) is 0 Å². The molecule has 2 aromatic heterocycles. The summed E-state index contributed by atoms with van der Waals surface area (Å²) in [6, 6.07) is 0. The zero-order chi connectivity index (χ0) is 12.6. The van der Waals surface area contributed by atoms with Gasteiger partial charge in [-0.1, -0.05) is 34.1 Å². The number of hydrogen-bond donors (Lipinski definition) is 2. The van der Waals surface area contributed by atoms with Crippen LogP contribution in [0.1, 0.15) is 46.2 Å². The molecule has 0 aliphatic heterocycles. The van der Waals surface area contributed by atoms with Gasteiger partial charge in [0.15, 0.2) is 5.65 Å². The van der Waals surface area contributed by atoms with Gasteiger partial charge in [-0.3, -0.25) is 5.10 Å². The number of unbranched alkanes of at least 4 members (excludes halogenated alkanes) is 1. The number of hydrogen-bond acceptors (Lipinski definition) is 3. The van der Waals surface area contributed by atoms with Crippen molar-refractivity contribution in [3.8, 4) is 0 Å². The van der Waals surface area contributed by atoms with Crippen LogP contribution < -0.4 is 5.73 Å². The Balaban J connectivity index is 2.56. The topological polar surface area (TPSA) is 72.5 Å². The fourth-order valence-corrected chi connectivity index (χ4v) is 1.97. The third kappa shape index (κ3) is 2.01. The van der Waals surface area contributed by atoms with Gasteiger partial charge in [-0.2, -0.15) is 10.2 Å². The van der Waals surface area contributed by atoms with E-state index in [9.17, 15) is 0 Å². The monoisotopic (exact) mass is 235 g/mol. The first kappa shape index (κ1) is 12.0. The largest absolute Gasteiger partial charge is 0.383 e. The normalized spacial score (nSPS) is 12.5. The number of fused-ring (bicyclic) bond motifs is 1. The summed E-state index contributed by atoms with van der Waals surface area (Å²) in [4.78, 5) is 0. The first-order valence-electron chi connectivity index (χ1n) is 6.16. The first-order valence-corrected chi connectivity index (χ1v) is 6.16. The molecule has 0 saturated heterocycles. The van der Waals surface area contributed by atoms with Crippen molar-refractivity contribution in [2.45, 2.75) is 52.5 Å². The first-order chi connectivity index (χ1) is 7.95. The van der Waals surface area contributed by atoms with Crippen LogP contribution in [0.5, 0.6) is 0 Å². The second kappa shape index (κ2) is 4.05. The van der Waals surface area contributed by atoms with Crippen LogP contribution in [0.3, 0.4) is 0 Å². The van der Waals surface area contributed by atoms with Crippen molar-refractivity contribution in [3.63, 3.8) is 0 Å². The van der Waals surface area contributed by atoms with Gasteiger partial charge in [0.1, 0.15) is 5.82 Å². The third-order valence-electron chi connectivity index (χ3n) is 2.91. The highest BCUT2D eigenvalue weighted by atomic mass is 15.3. The molecule has 94 valence electrons. The summed E-state index contributed by atoms with van der Waals surface area (Å²) in [5.41, 5.74) is 7.82. The average molecular weight is 235 g/mol. The minimum Gasteiger partial charge on any atom is -0.383 e. The lowest BCUT2D eigenvalue weighted by atomic mass is 9.91. The molecule has 0 aliphatic rings. The molecule has 0 unspecified atom stereocenters. The van der Waals surface area contributed by atoms with Crippen molar-refractivity contribution in [1.29, 1.82) is 0 Å². The third-order valence-corrected chi connectivity index (χ3v) is 2.91. The zero-order valence-electron chi connectivity index (χ0n) is 11.0. The van der Waals surface area contributed by atoms with Crippen LogP contribution in [-0.4, -0.2) is 20.0 Å². The predicted molar refractivity (Wildman–Crippen MR) is 69.9 cm³/mol. The van der Waals surface area contributed by atoms with E-state index in [1.165, 1.54) is 0 Å². The lowest BCUT2D eigenvalue weighted by Crippen LogP contribution is -2.14. The molecule has 0 amide bonds. The Morgan fingerprint density at radius 2 is 2.06 bits per heavy atom. The summed E-state index contributed by atoms with van der Waals surface area (Å²) in [6.45, 7) is 9.50. The molecule has 0 aliphatic carbocycles. The minimum atomic E-state index is -0.0201. The van der Waals surface area contributed by atoms with Gasteiger partial charge in [0.2, 0.25) is 0 Å². The SMILES string of the molecule is CCCCn1nc(C(C)(C)C)c2c(N)[nH]nc21. The highest BCUT2D eigenvalue weighted by Gasteiger charge is 2.25. The van der Waals surface area contributed by atoms with Crippen molar-refractivity contribution in [2.24, 2.45) is 0 Å². The van der Waals surface area contributed by atoms with Crippen molar-refractivity contribution in [1.82, 2.24) is 20.0 Å². The van der Waals surface area contributed by atoms with Crippen LogP contribution in [0.15, 0.2) is 0 Å². The molecular weight excluding hydrogens is 214 g/mol. The molecule has 0 atom stereocenters. The van der Waals surface area contributed by atoms with Crippen LogP contribution in [-0.2, 0) is 12.0 Å². The van der Waals surface area contributed by atoms with E-state index < -0.39 is 0 Å². The van der Waals surface area contributed by atoms with Crippen LogP contribution in [0.4, 0.5) is 5.82 Å². The number of aryl methyl sites for hydroxylation is 1. The molecule has 0 aromatic carbocycles. The molecular formula is C12H21N5. The van der Waals surface area contributed by atoms with Gasteiger partial charge in [0.05, 0.1) is 11.1 Å². The number of aromatic amines is 1. The van der Waals surface area contributed by atoms with Gasteiger partial charge in [-0.15, -0.1) is 0 Å². The molecule has 0 fully saturated rings. The smallest absolute Gasteiger partial charge is 0.182 e. The lowest BCUT2D eigenvalue weighted by Gasteiger charge is -2.15. The number of H-pyrrole nitrogens is 1. The predicted octanol–water partition coefficient (Wildman–Crippen LogP) is 2.44. The molecule has 2 heterocycles. The highest BCUT2D eigenvalue weighted by molar-refractivity contribution is 5.89. The fraction of sp³-hybridized carbons (Fsp3) is 0.667. The summed E-state index contributed by atoms with van der Waals surface area (Å²) in [5, 5.41) is 12.8. The van der Waals surface area contributed by atoms with Gasteiger partial charge in [-0.05, 0) is 6.42 Å². The number of aromatic nitrogens is 4. The van der Waals surface area contributed by atoms with E-state index in [-0.39, 0.29) is 5.41 Å². The van der Waals surface area contributed by atoms with Crippen molar-refractivity contribution >= 4 is 16.9 Å². The van der Waals surface area contributed by atoms with Gasteiger partial charge < -0.3 is 5.73 Å². The Labute approximate surface area is 101 Å². The summed E-state index contributed by atoms with van der Waals surface area (Å²) >= 11 is 0.